The van der Waals surface area contributed by atoms with Crippen molar-refractivity contribution in [1.29, 1.82) is 0 Å². The van der Waals surface area contributed by atoms with Crippen molar-refractivity contribution in [1.82, 2.24) is 0 Å². The summed E-state index contributed by atoms with van der Waals surface area (Å²) in [6.45, 7) is 0. The second-order valence-electron chi connectivity index (χ2n) is 19.9. The second kappa shape index (κ2) is 19.4. The fourth-order valence-electron chi connectivity index (χ4n) is 11.8. The number of hydrogen-bond donors (Lipinski definition) is 0. The quantitative estimate of drug-likeness (QED) is 0.0977. The third kappa shape index (κ3) is 7.30. The molecular weight excluding hydrogens is 941 g/mol. The molecule has 1 aromatic heterocycles. The van der Waals surface area contributed by atoms with Crippen LogP contribution in [0.3, 0.4) is 0 Å². The molecule has 0 fully saturated rings. The Kier molecular flexibility index (Phi) is 13.9. The maximum atomic E-state index is 7.38. The Labute approximate surface area is 509 Å². The molecule has 0 spiro atoms. The predicted molar refractivity (Wildman–Crippen MR) is 379 cm³/mol. The molecule has 10 aromatic carbocycles. The summed E-state index contributed by atoms with van der Waals surface area (Å²) >= 11 is 0. The molecule has 11 rings (SSSR count). The number of fused-ring (bicyclic) bond motifs is 10. The lowest BCUT2D eigenvalue weighted by atomic mass is 9.55. The highest BCUT2D eigenvalue weighted by Crippen LogP contribution is 2.40. The Balaban J connectivity index is 1.34. The molecule has 1 heterocycles. The van der Waals surface area contributed by atoms with Gasteiger partial charge < -0.3 is 4.42 Å². The normalized spacial score (nSPS) is 12.0. The first-order valence-corrected chi connectivity index (χ1v) is 23.8. The number of benzene rings is 10. The lowest BCUT2D eigenvalue weighted by Crippen LogP contribution is -2.52. The summed E-state index contributed by atoms with van der Waals surface area (Å²) < 4.78 is 6.48. The Bertz CT molecular complexity index is 4820. The van der Waals surface area contributed by atoms with Crippen molar-refractivity contribution in [2.24, 2.45) is 0 Å². The average Bonchev–Trinajstić information content (AvgIpc) is 3.42. The van der Waals surface area contributed by atoms with Crippen LogP contribution in [-0.4, -0.2) is 235 Å². The molecule has 0 unspecified atom stereocenters. The van der Waals surface area contributed by atoms with E-state index in [-0.39, 0.29) is 273 Å². The summed E-state index contributed by atoms with van der Waals surface area (Å²) in [4.78, 5) is 0. The van der Waals surface area contributed by atoms with E-state index in [2.05, 4.69) is 0 Å². The summed E-state index contributed by atoms with van der Waals surface area (Å²) in [6.07, 6.45) is 0. The summed E-state index contributed by atoms with van der Waals surface area (Å²) in [5, 5.41) is 0.695. The van der Waals surface area contributed by atoms with Crippen LogP contribution in [0.25, 0.3) is 109 Å². The van der Waals surface area contributed by atoms with Crippen LogP contribution in [0.5, 0.6) is 0 Å². The van der Waals surface area contributed by atoms with Crippen LogP contribution >= 0.6 is 0 Å². The molecule has 0 aliphatic carbocycles. The minimum Gasteiger partial charge on any atom is -0.456 e. The van der Waals surface area contributed by atoms with Crippen molar-refractivity contribution in [3.63, 3.8) is 0 Å². The maximum absolute atomic E-state index is 7.38. The number of furan rings is 1. The van der Waals surface area contributed by atoms with Crippen LogP contribution < -0.4 is 164 Å². The first-order valence-electron chi connectivity index (χ1n) is 23.8. The molecule has 0 amide bonds. The summed E-state index contributed by atoms with van der Waals surface area (Å²) in [7, 11) is 205. The van der Waals surface area contributed by atoms with E-state index in [4.69, 9.17) is 240 Å². The van der Waals surface area contributed by atoms with Gasteiger partial charge in [-0.05, 0) is 81.9 Å². The number of hydrogen-bond acceptors (Lipinski definition) is 1. The van der Waals surface area contributed by atoms with Crippen LogP contribution in [0.1, 0.15) is 0 Å². The molecule has 0 bridgehead atoms. The highest BCUT2D eigenvalue weighted by atomic mass is 16.3. The van der Waals surface area contributed by atoms with Crippen molar-refractivity contribution < 1.29 is 4.42 Å². The summed E-state index contributed by atoms with van der Waals surface area (Å²) in [5.74, 6) is 0. The molecule has 0 saturated carbocycles. The van der Waals surface area contributed by atoms with Gasteiger partial charge in [0.05, 0.1) is 0 Å². The molecule has 0 aliphatic rings. The molecule has 60 radical (unpaired) electrons. The van der Waals surface area contributed by atoms with Gasteiger partial charge in [0.15, 0.2) is 0 Å². The van der Waals surface area contributed by atoms with Crippen LogP contribution in [0, 0.1) is 0 Å². The van der Waals surface area contributed by atoms with Gasteiger partial charge >= 0.3 is 0 Å². The maximum Gasteiger partial charge on any atom is 0.141 e. The van der Waals surface area contributed by atoms with Gasteiger partial charge in [0.2, 0.25) is 0 Å². The molecule has 0 saturated heterocycles. The SMILES string of the molecule is [B]c1c([B])c(-c2c3c([B])c([B])c([B])c([B])c3c(-c3c([B])c([B])c4oc5c6c([B])c([B])c([B])c([B])c6c([B])c([B])c5c4c3[B])c3c([B])c([B])c([B])c([B])c23)c([B])c([B])c1-c1c([B])c([B])c2c([B])c([B])c3c([B])c([B])c([B])c([B])c3c2c1[B]. The fourth-order valence-corrected chi connectivity index (χ4v) is 11.8. The fraction of sp³-hybridized carbons (Fsp3) is 0. The van der Waals surface area contributed by atoms with Gasteiger partial charge in [-0.25, -0.2) is 0 Å². The average molecular weight is 941 g/mol. The van der Waals surface area contributed by atoms with Crippen molar-refractivity contribution in [3.8, 4) is 33.4 Å². The van der Waals surface area contributed by atoms with Crippen LogP contribution in [0.2, 0.25) is 0 Å². The van der Waals surface area contributed by atoms with E-state index in [0.717, 1.165) is 0 Å². The molecule has 0 atom stereocenters. The van der Waals surface area contributed by atoms with Gasteiger partial charge in [0, 0.05) is 16.2 Å². The minimum atomic E-state index is -0.300. The first kappa shape index (κ1) is 58.0. The molecule has 1 nitrogen and oxygen atoms in total. The van der Waals surface area contributed by atoms with Crippen molar-refractivity contribution >= 4 is 475 Å². The highest BCUT2D eigenvalue weighted by Gasteiger charge is 2.32. The molecule has 0 N–H and O–H groups in total. The largest absolute Gasteiger partial charge is 0.456 e. The smallest absolute Gasteiger partial charge is 0.141 e. The van der Waals surface area contributed by atoms with E-state index in [1.165, 1.54) is 0 Å². The Hall–Kier alpha value is -4.75. The minimum absolute atomic E-state index is 0.00881. The van der Waals surface area contributed by atoms with E-state index in [9.17, 15) is 0 Å². The Morgan fingerprint density at radius 1 is 0.111 bits per heavy atom. The molecule has 81 heavy (non-hydrogen) atoms. The molecule has 11 aromatic rings. The van der Waals surface area contributed by atoms with E-state index >= 15 is 0 Å². The van der Waals surface area contributed by atoms with Crippen molar-refractivity contribution in [2.75, 3.05) is 0 Å². The van der Waals surface area contributed by atoms with Gasteiger partial charge in [-0.15, -0.1) is 43.7 Å². The predicted octanol–water partition coefficient (Wildman–Crippen LogP) is -21.8. The van der Waals surface area contributed by atoms with E-state index in [1.54, 1.807) is 0 Å². The van der Waals surface area contributed by atoms with Crippen molar-refractivity contribution in [3.05, 3.63) is 0 Å². The molecule has 296 valence electrons. The zero-order valence-corrected chi connectivity index (χ0v) is 42.7. The second-order valence-corrected chi connectivity index (χ2v) is 19.9. The standard InChI is InChI=1S/C50B30O/c51-19-7-8-12(35(67)45(77)44(76)25(8)57)30(62)28(60)11(7)29(61)31(63)13(19)14-32(64)26(58)10(27(59)33(14)65)2-5-3(21(53)40(72)42(74)23(5)55)1(4-6(2)24(56)43(75)41(73)22(4)54)9-20(52)17-18-38(70)34(66)15-16(39(71)47(79)46(78)36(15)68)49(18)81-50(17)48(80)37(9)69. The van der Waals surface area contributed by atoms with Crippen LogP contribution in [-0.2, 0) is 0 Å². The van der Waals surface area contributed by atoms with E-state index in [1.807, 2.05) is 0 Å². The van der Waals surface area contributed by atoms with Crippen LogP contribution in [0.4, 0.5) is 0 Å². The molecular formula is C50B30O. The number of rotatable bonds is 3. The van der Waals surface area contributed by atoms with Gasteiger partial charge in [0.1, 0.15) is 247 Å². The topological polar surface area (TPSA) is 13.1 Å². The lowest BCUT2D eigenvalue weighted by Gasteiger charge is -2.33. The third-order valence-electron chi connectivity index (χ3n) is 16.0. The molecule has 0 aliphatic heterocycles. The Morgan fingerprint density at radius 3 is 0.654 bits per heavy atom. The van der Waals surface area contributed by atoms with Crippen molar-refractivity contribution in [2.45, 2.75) is 0 Å². The highest BCUT2D eigenvalue weighted by molar-refractivity contribution is 6.79. The lowest BCUT2D eigenvalue weighted by molar-refractivity contribution is 0.676. The van der Waals surface area contributed by atoms with Gasteiger partial charge in [-0.3, -0.25) is 0 Å². The van der Waals surface area contributed by atoms with Gasteiger partial charge in [0.25, 0.3) is 0 Å². The third-order valence-corrected chi connectivity index (χ3v) is 16.0. The van der Waals surface area contributed by atoms with E-state index < -0.39 is 0 Å². The van der Waals surface area contributed by atoms with E-state index in [0.29, 0.717) is 0 Å². The van der Waals surface area contributed by atoms with Gasteiger partial charge in [-0.1, -0.05) is 120 Å². The van der Waals surface area contributed by atoms with Gasteiger partial charge in [-0.2, -0.15) is 0 Å². The Morgan fingerprint density at radius 2 is 0.284 bits per heavy atom. The molecule has 31 heteroatoms. The monoisotopic (exact) mass is 946 g/mol. The summed E-state index contributed by atoms with van der Waals surface area (Å²) in [6, 6.07) is 0. The summed E-state index contributed by atoms with van der Waals surface area (Å²) in [5.41, 5.74) is -5.28. The zero-order chi connectivity index (χ0) is 59.6. The zero-order valence-electron chi connectivity index (χ0n) is 42.7. The van der Waals surface area contributed by atoms with Crippen LogP contribution in [0.15, 0.2) is 4.42 Å². The first-order chi connectivity index (χ1) is 37.8.